The summed E-state index contributed by atoms with van der Waals surface area (Å²) >= 11 is 1.25. The SMILES string of the molecule is CCn1cc(C(=O)Nc2nc3ccc(S(=O)(=O)N4CCCC4)cc3s2)cn1. The van der Waals surface area contributed by atoms with Crippen LogP contribution in [0, 0.1) is 0 Å². The van der Waals surface area contributed by atoms with Gasteiger partial charge >= 0.3 is 0 Å². The van der Waals surface area contributed by atoms with Crippen LogP contribution in [0.4, 0.5) is 5.13 Å². The molecule has 0 atom stereocenters. The third-order valence-electron chi connectivity index (χ3n) is 4.50. The number of carbonyl (C=O) groups excluding carboxylic acids is 1. The summed E-state index contributed by atoms with van der Waals surface area (Å²) in [6, 6.07) is 4.89. The molecule has 0 saturated carbocycles. The van der Waals surface area contributed by atoms with Gasteiger partial charge in [0, 0.05) is 25.8 Å². The van der Waals surface area contributed by atoms with E-state index in [0.717, 1.165) is 17.5 Å². The molecule has 142 valence electrons. The highest BCUT2D eigenvalue weighted by Gasteiger charge is 2.27. The van der Waals surface area contributed by atoms with Gasteiger partial charge in [-0.1, -0.05) is 11.3 Å². The highest BCUT2D eigenvalue weighted by molar-refractivity contribution is 7.89. The second-order valence-corrected chi connectivity index (χ2v) is 9.27. The first-order valence-electron chi connectivity index (χ1n) is 8.72. The second kappa shape index (κ2) is 7.02. The van der Waals surface area contributed by atoms with Crippen molar-refractivity contribution in [2.45, 2.75) is 31.2 Å². The van der Waals surface area contributed by atoms with Gasteiger partial charge in [-0.25, -0.2) is 13.4 Å². The van der Waals surface area contributed by atoms with Gasteiger partial charge in [0.2, 0.25) is 10.0 Å². The molecule has 3 aromatic rings. The van der Waals surface area contributed by atoms with Crippen molar-refractivity contribution in [1.29, 1.82) is 0 Å². The first-order chi connectivity index (χ1) is 13.0. The average molecular weight is 406 g/mol. The summed E-state index contributed by atoms with van der Waals surface area (Å²) in [6.45, 7) is 3.75. The molecule has 27 heavy (non-hydrogen) atoms. The van der Waals surface area contributed by atoms with E-state index >= 15 is 0 Å². The fraction of sp³-hybridized carbons (Fsp3) is 0.353. The van der Waals surface area contributed by atoms with Crippen molar-refractivity contribution in [1.82, 2.24) is 19.1 Å². The van der Waals surface area contributed by atoms with Gasteiger partial charge in [0.1, 0.15) is 0 Å². The highest BCUT2D eigenvalue weighted by atomic mass is 32.2. The van der Waals surface area contributed by atoms with Gasteiger partial charge in [0.05, 0.1) is 26.9 Å². The molecule has 0 aliphatic carbocycles. The van der Waals surface area contributed by atoms with Crippen molar-refractivity contribution >= 4 is 42.6 Å². The summed E-state index contributed by atoms with van der Waals surface area (Å²) in [5.41, 5.74) is 1.10. The lowest BCUT2D eigenvalue weighted by molar-refractivity contribution is 0.102. The number of nitrogens with zero attached hydrogens (tertiary/aromatic N) is 4. The zero-order valence-electron chi connectivity index (χ0n) is 14.8. The number of nitrogens with one attached hydrogen (secondary N) is 1. The predicted octanol–water partition coefficient (Wildman–Crippen LogP) is 2.55. The Bertz CT molecular complexity index is 1100. The molecule has 1 aliphatic heterocycles. The first-order valence-corrected chi connectivity index (χ1v) is 11.0. The maximum absolute atomic E-state index is 12.7. The molecule has 1 amide bonds. The van der Waals surface area contributed by atoms with Gasteiger partial charge in [0.15, 0.2) is 5.13 Å². The molecule has 10 heteroatoms. The van der Waals surface area contributed by atoms with E-state index in [0.29, 0.717) is 35.8 Å². The maximum atomic E-state index is 12.7. The fourth-order valence-electron chi connectivity index (χ4n) is 3.02. The van der Waals surface area contributed by atoms with Crippen LogP contribution in [0.3, 0.4) is 0 Å². The minimum absolute atomic E-state index is 0.266. The summed E-state index contributed by atoms with van der Waals surface area (Å²) in [5.74, 6) is -0.293. The van der Waals surface area contributed by atoms with Gasteiger partial charge < -0.3 is 0 Å². The minimum atomic E-state index is -3.47. The topological polar surface area (TPSA) is 97.2 Å². The van der Waals surface area contributed by atoms with Crippen LogP contribution >= 0.6 is 11.3 Å². The third-order valence-corrected chi connectivity index (χ3v) is 7.33. The molecule has 1 N–H and O–H groups in total. The smallest absolute Gasteiger partial charge is 0.260 e. The Labute approximate surface area is 160 Å². The number of benzene rings is 1. The number of rotatable bonds is 5. The van der Waals surface area contributed by atoms with Crippen LogP contribution in [0.15, 0.2) is 35.5 Å². The van der Waals surface area contributed by atoms with Crippen LogP contribution in [0.25, 0.3) is 10.2 Å². The molecule has 2 aromatic heterocycles. The summed E-state index contributed by atoms with van der Waals surface area (Å²) in [5, 5.41) is 7.26. The Balaban J connectivity index is 1.58. The van der Waals surface area contributed by atoms with E-state index in [-0.39, 0.29) is 10.8 Å². The third kappa shape index (κ3) is 3.47. The number of anilines is 1. The molecule has 1 aliphatic rings. The molecule has 0 spiro atoms. The van der Waals surface area contributed by atoms with Crippen LogP contribution in [-0.2, 0) is 16.6 Å². The lowest BCUT2D eigenvalue weighted by atomic mass is 10.3. The summed E-state index contributed by atoms with van der Waals surface area (Å²) in [6.07, 6.45) is 4.97. The van der Waals surface area contributed by atoms with E-state index in [4.69, 9.17) is 0 Å². The maximum Gasteiger partial charge on any atom is 0.260 e. The largest absolute Gasteiger partial charge is 0.298 e. The Kier molecular flexibility index (Phi) is 4.70. The van der Waals surface area contributed by atoms with Crippen LogP contribution < -0.4 is 5.32 Å². The molecule has 8 nitrogen and oxygen atoms in total. The molecule has 1 aromatic carbocycles. The average Bonchev–Trinajstić information content (AvgIpc) is 3.39. The number of amides is 1. The predicted molar refractivity (Wildman–Crippen MR) is 103 cm³/mol. The van der Waals surface area contributed by atoms with Crippen molar-refractivity contribution in [3.63, 3.8) is 0 Å². The molecule has 4 rings (SSSR count). The fourth-order valence-corrected chi connectivity index (χ4v) is 5.54. The van der Waals surface area contributed by atoms with E-state index in [2.05, 4.69) is 15.4 Å². The van der Waals surface area contributed by atoms with Gasteiger partial charge in [-0.2, -0.15) is 9.40 Å². The van der Waals surface area contributed by atoms with E-state index in [1.54, 1.807) is 29.1 Å². The lowest BCUT2D eigenvalue weighted by Crippen LogP contribution is -2.27. The summed E-state index contributed by atoms with van der Waals surface area (Å²) in [4.78, 5) is 17.0. The lowest BCUT2D eigenvalue weighted by Gasteiger charge is -2.15. The molecule has 0 bridgehead atoms. The number of sulfonamides is 1. The monoisotopic (exact) mass is 405 g/mol. The normalized spacial score (nSPS) is 15.4. The molecule has 3 heterocycles. The zero-order chi connectivity index (χ0) is 19.0. The number of hydrogen-bond acceptors (Lipinski definition) is 6. The van der Waals surface area contributed by atoms with Gasteiger partial charge in [0.25, 0.3) is 5.91 Å². The summed E-state index contributed by atoms with van der Waals surface area (Å²) in [7, 11) is -3.47. The van der Waals surface area contributed by atoms with Crippen LogP contribution in [0.5, 0.6) is 0 Å². The van der Waals surface area contributed by atoms with Crippen molar-refractivity contribution in [3.05, 3.63) is 36.2 Å². The Morgan fingerprint density at radius 3 is 2.78 bits per heavy atom. The molecule has 1 fully saturated rings. The number of carbonyl (C=O) groups is 1. The van der Waals surface area contributed by atoms with Crippen molar-refractivity contribution < 1.29 is 13.2 Å². The van der Waals surface area contributed by atoms with E-state index in [9.17, 15) is 13.2 Å². The highest BCUT2D eigenvalue weighted by Crippen LogP contribution is 2.30. The molecular formula is C17H19N5O3S2. The minimum Gasteiger partial charge on any atom is -0.298 e. The van der Waals surface area contributed by atoms with Crippen molar-refractivity contribution in [3.8, 4) is 0 Å². The van der Waals surface area contributed by atoms with E-state index in [1.165, 1.54) is 21.8 Å². The Morgan fingerprint density at radius 2 is 2.07 bits per heavy atom. The van der Waals surface area contributed by atoms with Gasteiger partial charge in [-0.15, -0.1) is 0 Å². The number of thiazole rings is 1. The van der Waals surface area contributed by atoms with Crippen LogP contribution in [-0.4, -0.2) is 46.5 Å². The Morgan fingerprint density at radius 1 is 1.30 bits per heavy atom. The first kappa shape index (κ1) is 18.1. The van der Waals surface area contributed by atoms with Gasteiger partial charge in [-0.05, 0) is 38.0 Å². The summed E-state index contributed by atoms with van der Waals surface area (Å²) < 4.78 is 29.3. The number of aromatic nitrogens is 3. The van der Waals surface area contributed by atoms with Crippen LogP contribution in [0.1, 0.15) is 30.1 Å². The molecule has 0 unspecified atom stereocenters. The quantitative estimate of drug-likeness (QED) is 0.704. The number of fused-ring (bicyclic) bond motifs is 1. The standard InChI is InChI=1S/C17H19N5O3S2/c1-2-21-11-12(10-18-21)16(23)20-17-19-14-6-5-13(9-15(14)26-17)27(24,25)22-7-3-4-8-22/h5-6,9-11H,2-4,7-8H2,1H3,(H,19,20,23). The van der Waals surface area contributed by atoms with Crippen LogP contribution in [0.2, 0.25) is 0 Å². The molecule has 0 radical (unpaired) electrons. The van der Waals surface area contributed by atoms with E-state index in [1.807, 2.05) is 6.92 Å². The van der Waals surface area contributed by atoms with E-state index < -0.39 is 10.0 Å². The van der Waals surface area contributed by atoms with Crippen molar-refractivity contribution in [2.75, 3.05) is 18.4 Å². The Hall–Kier alpha value is -2.30. The van der Waals surface area contributed by atoms with Crippen molar-refractivity contribution in [2.24, 2.45) is 0 Å². The molecular weight excluding hydrogens is 386 g/mol. The molecule has 1 saturated heterocycles. The number of aryl methyl sites for hydroxylation is 1. The second-order valence-electron chi connectivity index (χ2n) is 6.30. The van der Waals surface area contributed by atoms with Gasteiger partial charge in [-0.3, -0.25) is 14.8 Å². The number of hydrogen-bond donors (Lipinski definition) is 1. The zero-order valence-corrected chi connectivity index (χ0v) is 16.4.